The Labute approximate surface area is 134 Å². The van der Waals surface area contributed by atoms with Crippen molar-refractivity contribution in [1.82, 2.24) is 0 Å². The number of fused-ring (bicyclic) bond motifs is 1. The van der Waals surface area contributed by atoms with Crippen LogP contribution < -0.4 is 28.5 Å². The summed E-state index contributed by atoms with van der Waals surface area (Å²) < 4.78 is 3.38. The zero-order chi connectivity index (χ0) is 12.4. The fraction of sp³-hybridized carbons (Fsp3) is 0.0625. The third-order valence-electron chi connectivity index (χ3n) is 2.97. The van der Waals surface area contributed by atoms with Gasteiger partial charge in [-0.15, -0.1) is 11.3 Å². The molecular formula is C16H14INS. The van der Waals surface area contributed by atoms with Crippen molar-refractivity contribution >= 4 is 33.6 Å². The molecule has 2 aromatic heterocycles. The van der Waals surface area contributed by atoms with Crippen molar-refractivity contribution in [2.24, 2.45) is 7.05 Å². The molecule has 0 aliphatic rings. The van der Waals surface area contributed by atoms with Crippen molar-refractivity contribution in [3.05, 3.63) is 65.3 Å². The van der Waals surface area contributed by atoms with Gasteiger partial charge in [0.2, 0.25) is 0 Å². The Kier molecular flexibility index (Phi) is 4.71. The Morgan fingerprint density at radius 3 is 2.53 bits per heavy atom. The van der Waals surface area contributed by atoms with Gasteiger partial charge >= 0.3 is 0 Å². The smallest absolute Gasteiger partial charge is 0.169 e. The maximum absolute atomic E-state index is 2.21. The fourth-order valence-electron chi connectivity index (χ4n) is 1.94. The van der Waals surface area contributed by atoms with Crippen LogP contribution in [0.25, 0.3) is 22.2 Å². The minimum absolute atomic E-state index is 0. The number of pyridine rings is 1. The van der Waals surface area contributed by atoms with Crippen molar-refractivity contribution in [3.8, 4) is 0 Å². The molecule has 0 amide bonds. The lowest BCUT2D eigenvalue weighted by molar-refractivity contribution is -0.671. The van der Waals surface area contributed by atoms with Crippen LogP contribution in [0, 0.1) is 0 Å². The third kappa shape index (κ3) is 3.22. The largest absolute Gasteiger partial charge is 1.00 e. The summed E-state index contributed by atoms with van der Waals surface area (Å²) in [5, 5.41) is 3.55. The van der Waals surface area contributed by atoms with Crippen molar-refractivity contribution < 1.29 is 28.5 Å². The molecular weight excluding hydrogens is 365 g/mol. The molecule has 0 unspecified atom stereocenters. The van der Waals surface area contributed by atoms with Gasteiger partial charge in [0.15, 0.2) is 12.4 Å². The number of hydrogen-bond acceptors (Lipinski definition) is 1. The lowest BCUT2D eigenvalue weighted by Gasteiger charge is -1.92. The van der Waals surface area contributed by atoms with E-state index in [4.69, 9.17) is 0 Å². The summed E-state index contributed by atoms with van der Waals surface area (Å²) in [5.41, 5.74) is 2.52. The van der Waals surface area contributed by atoms with Crippen molar-refractivity contribution in [2.75, 3.05) is 0 Å². The molecule has 0 aliphatic heterocycles. The molecule has 96 valence electrons. The monoisotopic (exact) mass is 379 g/mol. The highest BCUT2D eigenvalue weighted by molar-refractivity contribution is 7.17. The van der Waals surface area contributed by atoms with Gasteiger partial charge in [-0.05, 0) is 28.0 Å². The lowest BCUT2D eigenvalue weighted by Crippen LogP contribution is -3.00. The molecule has 3 rings (SSSR count). The number of benzene rings is 1. The molecule has 1 nitrogen and oxygen atoms in total. The summed E-state index contributed by atoms with van der Waals surface area (Å²) in [6.45, 7) is 0. The normalized spacial score (nSPS) is 10.8. The molecule has 0 N–H and O–H groups in total. The van der Waals surface area contributed by atoms with Crippen LogP contribution in [-0.4, -0.2) is 0 Å². The molecule has 0 atom stereocenters. The maximum Gasteiger partial charge on any atom is 0.169 e. The van der Waals surface area contributed by atoms with E-state index in [0.717, 1.165) is 0 Å². The number of thiophene rings is 1. The van der Waals surface area contributed by atoms with E-state index >= 15 is 0 Å². The van der Waals surface area contributed by atoms with Gasteiger partial charge in [0.25, 0.3) is 0 Å². The van der Waals surface area contributed by atoms with E-state index in [1.54, 1.807) is 11.3 Å². The molecule has 3 aromatic rings. The maximum atomic E-state index is 2.21. The molecule has 0 fully saturated rings. The van der Waals surface area contributed by atoms with Gasteiger partial charge in [-0.2, -0.15) is 0 Å². The van der Waals surface area contributed by atoms with Gasteiger partial charge in [0.05, 0.1) is 0 Å². The van der Waals surface area contributed by atoms with Crippen LogP contribution in [0.1, 0.15) is 11.1 Å². The molecule has 0 aliphatic carbocycles. The molecule has 2 heterocycles. The first-order valence-corrected chi connectivity index (χ1v) is 6.80. The highest BCUT2D eigenvalue weighted by Gasteiger charge is 1.99. The molecule has 0 radical (unpaired) electrons. The zero-order valence-electron chi connectivity index (χ0n) is 10.6. The summed E-state index contributed by atoms with van der Waals surface area (Å²) >= 11 is 1.80. The number of aromatic nitrogens is 1. The minimum atomic E-state index is 0. The Balaban J connectivity index is 0.00000133. The van der Waals surface area contributed by atoms with E-state index in [2.05, 4.69) is 66.3 Å². The second-order valence-electron chi connectivity index (χ2n) is 4.32. The lowest BCUT2D eigenvalue weighted by atomic mass is 10.1. The predicted octanol–water partition coefficient (Wildman–Crippen LogP) is 0.900. The summed E-state index contributed by atoms with van der Waals surface area (Å²) in [7, 11) is 2.03. The third-order valence-corrected chi connectivity index (χ3v) is 3.95. The van der Waals surface area contributed by atoms with Crippen LogP contribution in [-0.2, 0) is 7.05 Å². The van der Waals surface area contributed by atoms with E-state index in [1.165, 1.54) is 21.2 Å². The van der Waals surface area contributed by atoms with Crippen LogP contribution in [0.15, 0.2) is 54.2 Å². The van der Waals surface area contributed by atoms with Crippen LogP contribution in [0.3, 0.4) is 0 Å². The van der Waals surface area contributed by atoms with Crippen LogP contribution in [0.2, 0.25) is 0 Å². The quantitative estimate of drug-likeness (QED) is 0.460. The number of nitrogens with zero attached hydrogens (tertiary/aromatic N) is 1. The predicted molar refractivity (Wildman–Crippen MR) is 78.4 cm³/mol. The Bertz CT molecular complexity index is 698. The minimum Gasteiger partial charge on any atom is -1.00 e. The molecule has 0 saturated carbocycles. The molecule has 1 aromatic carbocycles. The van der Waals surface area contributed by atoms with Crippen molar-refractivity contribution in [2.45, 2.75) is 0 Å². The van der Waals surface area contributed by atoms with Crippen LogP contribution in [0.5, 0.6) is 0 Å². The molecule has 0 saturated heterocycles. The van der Waals surface area contributed by atoms with Gasteiger partial charge < -0.3 is 24.0 Å². The summed E-state index contributed by atoms with van der Waals surface area (Å²) in [6, 6.07) is 12.8. The van der Waals surface area contributed by atoms with E-state index in [-0.39, 0.29) is 24.0 Å². The first-order chi connectivity index (χ1) is 8.83. The average molecular weight is 379 g/mol. The Morgan fingerprint density at radius 2 is 1.74 bits per heavy atom. The van der Waals surface area contributed by atoms with Gasteiger partial charge in [0.1, 0.15) is 7.05 Å². The highest BCUT2D eigenvalue weighted by atomic mass is 127. The second-order valence-corrected chi connectivity index (χ2v) is 5.23. The van der Waals surface area contributed by atoms with Crippen molar-refractivity contribution in [1.29, 1.82) is 0 Å². The standard InChI is InChI=1S/C16H14NS.HI/c1-17-10-8-13(9-11-17)6-7-14-12-18-16-5-3-2-4-15(14)16;/h2-12H,1H3;1H/q+1;/p-1/b7-6+;. The zero-order valence-corrected chi connectivity index (χ0v) is 13.6. The number of hydrogen-bond donors (Lipinski definition) is 0. The first-order valence-electron chi connectivity index (χ1n) is 5.92. The summed E-state index contributed by atoms with van der Waals surface area (Å²) in [5.74, 6) is 0. The van der Waals surface area contributed by atoms with E-state index < -0.39 is 0 Å². The molecule has 0 bridgehead atoms. The van der Waals surface area contributed by atoms with Gasteiger partial charge in [-0.3, -0.25) is 0 Å². The van der Waals surface area contributed by atoms with E-state index in [1.807, 2.05) is 11.6 Å². The molecule has 3 heteroatoms. The van der Waals surface area contributed by atoms with E-state index in [9.17, 15) is 0 Å². The topological polar surface area (TPSA) is 3.88 Å². The van der Waals surface area contributed by atoms with Gasteiger partial charge in [-0.25, -0.2) is 4.57 Å². The fourth-order valence-corrected chi connectivity index (χ4v) is 2.87. The SMILES string of the molecule is C[n+]1ccc(/C=C/c2csc3ccccc23)cc1.[I-]. The summed E-state index contributed by atoms with van der Waals surface area (Å²) in [4.78, 5) is 0. The Morgan fingerprint density at radius 1 is 1.00 bits per heavy atom. The van der Waals surface area contributed by atoms with Crippen molar-refractivity contribution in [3.63, 3.8) is 0 Å². The average Bonchev–Trinajstić information content (AvgIpc) is 2.82. The van der Waals surface area contributed by atoms with E-state index in [0.29, 0.717) is 0 Å². The van der Waals surface area contributed by atoms with Crippen LogP contribution in [0.4, 0.5) is 0 Å². The first kappa shape index (κ1) is 14.2. The molecule has 19 heavy (non-hydrogen) atoms. The summed E-state index contributed by atoms with van der Waals surface area (Å²) in [6.07, 6.45) is 8.47. The van der Waals surface area contributed by atoms with Gasteiger partial charge in [-0.1, -0.05) is 30.4 Å². The number of aryl methyl sites for hydroxylation is 1. The second kappa shape index (κ2) is 6.30. The van der Waals surface area contributed by atoms with Crippen LogP contribution >= 0.6 is 11.3 Å². The number of rotatable bonds is 2. The number of halogens is 1. The van der Waals surface area contributed by atoms with Gasteiger partial charge in [0, 0.05) is 16.8 Å². The molecule has 0 spiro atoms. The highest BCUT2D eigenvalue weighted by Crippen LogP contribution is 2.26. The Hall–Kier alpha value is -1.20.